The Labute approximate surface area is 57.6 Å². The summed E-state index contributed by atoms with van der Waals surface area (Å²) in [6.07, 6.45) is 7.24. The Morgan fingerprint density at radius 3 is 2.33 bits per heavy atom. The molecular weight excluding hydrogens is 110 g/mol. The summed E-state index contributed by atoms with van der Waals surface area (Å²) in [7, 11) is 0. The molecule has 1 atom stereocenters. The molecule has 0 aromatic carbocycles. The molecule has 1 heteroatoms. The monoisotopic (exact) mass is 125 g/mol. The first-order valence-electron chi connectivity index (χ1n) is 3.36. The van der Waals surface area contributed by atoms with Gasteiger partial charge in [0.25, 0.3) is 0 Å². The Morgan fingerprint density at radius 1 is 1.67 bits per heavy atom. The van der Waals surface area contributed by atoms with Gasteiger partial charge in [-0.1, -0.05) is 6.92 Å². The minimum Gasteiger partial charge on any atom is -0.330 e. The molecule has 0 saturated heterocycles. The molecule has 0 amide bonds. The third kappa shape index (κ3) is 2.53. The molecule has 0 spiro atoms. The van der Waals surface area contributed by atoms with E-state index in [0.29, 0.717) is 6.54 Å². The van der Waals surface area contributed by atoms with Gasteiger partial charge in [-0.05, 0) is 26.3 Å². The zero-order valence-corrected chi connectivity index (χ0v) is 6.28. The Bertz CT molecular complexity index is 112. The third-order valence-electron chi connectivity index (χ3n) is 1.82. The predicted octanol–water partition coefficient (Wildman–Crippen LogP) is 1.38. The van der Waals surface area contributed by atoms with Crippen LogP contribution in [-0.2, 0) is 0 Å². The topological polar surface area (TPSA) is 26.0 Å². The summed E-state index contributed by atoms with van der Waals surface area (Å²) in [5, 5.41) is 0. The van der Waals surface area contributed by atoms with E-state index in [1.165, 1.54) is 0 Å². The fourth-order valence-electron chi connectivity index (χ4n) is 0.670. The van der Waals surface area contributed by atoms with Crippen LogP contribution in [0.3, 0.4) is 0 Å². The average molecular weight is 125 g/mol. The second-order valence-corrected chi connectivity index (χ2v) is 2.60. The van der Waals surface area contributed by atoms with Crippen molar-refractivity contribution in [3.05, 3.63) is 0 Å². The second-order valence-electron chi connectivity index (χ2n) is 2.60. The average Bonchev–Trinajstić information content (AvgIpc) is 1.89. The number of terminal acetylenes is 1. The van der Waals surface area contributed by atoms with Crippen molar-refractivity contribution in [2.75, 3.05) is 6.54 Å². The lowest BCUT2D eigenvalue weighted by Crippen LogP contribution is -2.17. The van der Waals surface area contributed by atoms with Crippen molar-refractivity contribution in [3.63, 3.8) is 0 Å². The van der Waals surface area contributed by atoms with Crippen molar-refractivity contribution < 1.29 is 0 Å². The molecule has 0 bridgehead atoms. The molecule has 0 radical (unpaired) electrons. The number of hydrogen-bond donors (Lipinski definition) is 1. The highest BCUT2D eigenvalue weighted by Crippen LogP contribution is 2.22. The minimum absolute atomic E-state index is 0.0365. The van der Waals surface area contributed by atoms with E-state index in [2.05, 4.69) is 19.8 Å². The van der Waals surface area contributed by atoms with Gasteiger partial charge in [-0.3, -0.25) is 0 Å². The summed E-state index contributed by atoms with van der Waals surface area (Å²) in [5.74, 6) is 2.75. The highest BCUT2D eigenvalue weighted by atomic mass is 14.5. The molecule has 0 fully saturated rings. The minimum atomic E-state index is 0.0365. The van der Waals surface area contributed by atoms with E-state index in [4.69, 9.17) is 12.2 Å². The molecule has 0 aliphatic heterocycles. The van der Waals surface area contributed by atoms with Crippen LogP contribution in [0.15, 0.2) is 0 Å². The molecule has 0 aliphatic rings. The van der Waals surface area contributed by atoms with E-state index in [1.54, 1.807) is 0 Å². The molecule has 0 aliphatic carbocycles. The highest BCUT2D eigenvalue weighted by molar-refractivity contribution is 5.02. The van der Waals surface area contributed by atoms with E-state index in [1.807, 2.05) is 0 Å². The molecule has 2 N–H and O–H groups in total. The molecular formula is C8H15N. The quantitative estimate of drug-likeness (QED) is 0.567. The van der Waals surface area contributed by atoms with E-state index in [9.17, 15) is 0 Å². The van der Waals surface area contributed by atoms with Crippen LogP contribution in [0.4, 0.5) is 0 Å². The molecule has 0 rings (SSSR count). The second kappa shape index (κ2) is 3.53. The SMILES string of the molecule is C#CC(C)(CC)CCN. The van der Waals surface area contributed by atoms with E-state index < -0.39 is 0 Å². The molecule has 0 heterocycles. The first kappa shape index (κ1) is 8.52. The van der Waals surface area contributed by atoms with Crippen molar-refractivity contribution in [1.29, 1.82) is 0 Å². The number of rotatable bonds is 3. The summed E-state index contributed by atoms with van der Waals surface area (Å²) in [4.78, 5) is 0. The molecule has 0 saturated carbocycles. The van der Waals surface area contributed by atoms with Gasteiger partial charge in [0.2, 0.25) is 0 Å². The van der Waals surface area contributed by atoms with Crippen molar-refractivity contribution in [2.45, 2.75) is 26.7 Å². The molecule has 52 valence electrons. The molecule has 0 aromatic heterocycles. The van der Waals surface area contributed by atoms with Gasteiger partial charge in [-0.15, -0.1) is 12.3 Å². The summed E-state index contributed by atoms with van der Waals surface area (Å²) in [6.45, 7) is 4.85. The third-order valence-corrected chi connectivity index (χ3v) is 1.82. The maximum absolute atomic E-state index is 5.37. The first-order valence-corrected chi connectivity index (χ1v) is 3.36. The van der Waals surface area contributed by atoms with Gasteiger partial charge in [0.05, 0.1) is 0 Å². The van der Waals surface area contributed by atoms with Crippen molar-refractivity contribution in [2.24, 2.45) is 11.1 Å². The Hall–Kier alpha value is -0.480. The van der Waals surface area contributed by atoms with Crippen LogP contribution in [0.2, 0.25) is 0 Å². The zero-order valence-electron chi connectivity index (χ0n) is 6.28. The molecule has 9 heavy (non-hydrogen) atoms. The Balaban J connectivity index is 3.81. The lowest BCUT2D eigenvalue weighted by molar-refractivity contribution is 0.403. The van der Waals surface area contributed by atoms with Gasteiger partial charge in [0, 0.05) is 5.41 Å². The van der Waals surface area contributed by atoms with Crippen molar-refractivity contribution >= 4 is 0 Å². The highest BCUT2D eigenvalue weighted by Gasteiger charge is 2.16. The number of nitrogens with two attached hydrogens (primary N) is 1. The van der Waals surface area contributed by atoms with Gasteiger partial charge in [-0.2, -0.15) is 0 Å². The summed E-state index contributed by atoms with van der Waals surface area (Å²) in [6, 6.07) is 0. The van der Waals surface area contributed by atoms with Gasteiger partial charge >= 0.3 is 0 Å². The fourth-order valence-corrected chi connectivity index (χ4v) is 0.670. The van der Waals surface area contributed by atoms with Crippen LogP contribution in [0.1, 0.15) is 26.7 Å². The van der Waals surface area contributed by atoms with Crippen LogP contribution in [0.5, 0.6) is 0 Å². The standard InChI is InChI=1S/C8H15N/c1-4-8(3,5-2)6-7-9/h1H,5-7,9H2,2-3H3. The van der Waals surface area contributed by atoms with Crippen LogP contribution in [0.25, 0.3) is 0 Å². The van der Waals surface area contributed by atoms with E-state index >= 15 is 0 Å². The number of hydrogen-bond acceptors (Lipinski definition) is 1. The smallest absolute Gasteiger partial charge is 0.0293 e. The first-order chi connectivity index (χ1) is 4.18. The molecule has 0 aromatic rings. The zero-order chi connectivity index (χ0) is 7.33. The van der Waals surface area contributed by atoms with Crippen LogP contribution in [0, 0.1) is 17.8 Å². The van der Waals surface area contributed by atoms with Crippen LogP contribution >= 0.6 is 0 Å². The van der Waals surface area contributed by atoms with E-state index in [-0.39, 0.29) is 5.41 Å². The van der Waals surface area contributed by atoms with E-state index in [0.717, 1.165) is 12.8 Å². The largest absolute Gasteiger partial charge is 0.330 e. The van der Waals surface area contributed by atoms with Gasteiger partial charge in [-0.25, -0.2) is 0 Å². The Morgan fingerprint density at radius 2 is 2.22 bits per heavy atom. The van der Waals surface area contributed by atoms with Crippen molar-refractivity contribution in [3.8, 4) is 12.3 Å². The summed E-state index contributed by atoms with van der Waals surface area (Å²) >= 11 is 0. The summed E-state index contributed by atoms with van der Waals surface area (Å²) in [5.41, 5.74) is 5.41. The lowest BCUT2D eigenvalue weighted by atomic mass is 9.85. The predicted molar refractivity (Wildman–Crippen MR) is 40.9 cm³/mol. The van der Waals surface area contributed by atoms with Gasteiger partial charge in [0.15, 0.2) is 0 Å². The maximum Gasteiger partial charge on any atom is 0.0293 e. The Kier molecular flexibility index (Phi) is 3.34. The van der Waals surface area contributed by atoms with Crippen LogP contribution < -0.4 is 5.73 Å². The van der Waals surface area contributed by atoms with Gasteiger partial charge in [0.1, 0.15) is 0 Å². The van der Waals surface area contributed by atoms with Crippen LogP contribution in [-0.4, -0.2) is 6.54 Å². The van der Waals surface area contributed by atoms with Crippen molar-refractivity contribution in [1.82, 2.24) is 0 Å². The summed E-state index contributed by atoms with van der Waals surface area (Å²) < 4.78 is 0. The molecule has 1 nitrogen and oxygen atoms in total. The molecule has 1 unspecified atom stereocenters. The normalized spacial score (nSPS) is 16.2. The lowest BCUT2D eigenvalue weighted by Gasteiger charge is -2.19. The fraction of sp³-hybridized carbons (Fsp3) is 0.750. The maximum atomic E-state index is 5.37. The van der Waals surface area contributed by atoms with Gasteiger partial charge < -0.3 is 5.73 Å².